The lowest BCUT2D eigenvalue weighted by atomic mass is 10.2. The second-order valence-electron chi connectivity index (χ2n) is 6.68. The molecule has 2 aromatic carbocycles. The molecule has 29 heavy (non-hydrogen) atoms. The molecular weight excluding hydrogens is 373 g/mol. The van der Waals surface area contributed by atoms with E-state index in [1.54, 1.807) is 19.2 Å². The largest absolute Gasteiger partial charge is 0.493 e. The van der Waals surface area contributed by atoms with Gasteiger partial charge in [0, 0.05) is 18.0 Å². The van der Waals surface area contributed by atoms with Crippen LogP contribution in [-0.2, 0) is 0 Å². The molecular formula is C21H22FN5O2. The van der Waals surface area contributed by atoms with E-state index in [1.807, 2.05) is 20.2 Å². The normalized spacial score (nSPS) is 10.8. The second kappa shape index (κ2) is 9.17. The van der Waals surface area contributed by atoms with Crippen molar-refractivity contribution in [3.8, 4) is 17.6 Å². The lowest BCUT2D eigenvalue weighted by molar-refractivity contribution is 0.268. The Hall–Kier alpha value is -3.44. The number of methoxy groups -OCH3 is 1. The standard InChI is InChI=1S/C21H22FN5O2/c1-27(2)7-4-8-29-20-11-18-15(10-19(20)28-3)21(25-13-24-18)26-17-6-5-14(12-23)9-16(17)22/h5-6,9-11,13H,4,7-8H2,1-3H3,(H,24,25,26). The Morgan fingerprint density at radius 3 is 2.69 bits per heavy atom. The molecule has 3 rings (SSSR count). The predicted molar refractivity (Wildman–Crippen MR) is 109 cm³/mol. The summed E-state index contributed by atoms with van der Waals surface area (Å²) in [5.74, 6) is 1.02. The van der Waals surface area contributed by atoms with Crippen LogP contribution in [0, 0.1) is 17.1 Å². The molecule has 1 aromatic heterocycles. The first kappa shape index (κ1) is 20.3. The number of hydrogen-bond donors (Lipinski definition) is 1. The van der Waals surface area contributed by atoms with Gasteiger partial charge in [0.05, 0.1) is 36.6 Å². The lowest BCUT2D eigenvalue weighted by Crippen LogP contribution is -2.15. The summed E-state index contributed by atoms with van der Waals surface area (Å²) in [5.41, 5.74) is 1.10. The van der Waals surface area contributed by atoms with E-state index in [4.69, 9.17) is 14.7 Å². The fraction of sp³-hybridized carbons (Fsp3) is 0.286. The molecule has 0 radical (unpaired) electrons. The second-order valence-corrected chi connectivity index (χ2v) is 6.68. The average molecular weight is 395 g/mol. The summed E-state index contributed by atoms with van der Waals surface area (Å²) in [6, 6.07) is 9.67. The molecule has 0 amide bonds. The number of ether oxygens (including phenoxy) is 2. The van der Waals surface area contributed by atoms with Crippen LogP contribution in [0.15, 0.2) is 36.7 Å². The number of nitrogens with zero attached hydrogens (tertiary/aromatic N) is 4. The van der Waals surface area contributed by atoms with Crippen molar-refractivity contribution in [1.82, 2.24) is 14.9 Å². The van der Waals surface area contributed by atoms with E-state index in [0.29, 0.717) is 34.8 Å². The smallest absolute Gasteiger partial charge is 0.163 e. The highest BCUT2D eigenvalue weighted by atomic mass is 19.1. The number of benzene rings is 2. The zero-order valence-electron chi connectivity index (χ0n) is 16.6. The first-order valence-electron chi connectivity index (χ1n) is 9.08. The summed E-state index contributed by atoms with van der Waals surface area (Å²) in [7, 11) is 5.59. The van der Waals surface area contributed by atoms with Gasteiger partial charge in [0.1, 0.15) is 18.0 Å². The summed E-state index contributed by atoms with van der Waals surface area (Å²) < 4.78 is 25.6. The Bertz CT molecular complexity index is 1050. The minimum atomic E-state index is -0.538. The van der Waals surface area contributed by atoms with Gasteiger partial charge in [0.25, 0.3) is 0 Å². The molecule has 0 saturated carbocycles. The van der Waals surface area contributed by atoms with Crippen LogP contribution in [0.3, 0.4) is 0 Å². The van der Waals surface area contributed by atoms with Gasteiger partial charge in [-0.15, -0.1) is 0 Å². The van der Waals surface area contributed by atoms with Gasteiger partial charge in [-0.2, -0.15) is 5.26 Å². The average Bonchev–Trinajstić information content (AvgIpc) is 2.72. The van der Waals surface area contributed by atoms with Gasteiger partial charge in [0.2, 0.25) is 0 Å². The van der Waals surface area contributed by atoms with Gasteiger partial charge in [-0.25, -0.2) is 14.4 Å². The van der Waals surface area contributed by atoms with E-state index < -0.39 is 5.82 Å². The Balaban J connectivity index is 1.89. The van der Waals surface area contributed by atoms with Crippen LogP contribution in [0.4, 0.5) is 15.9 Å². The van der Waals surface area contributed by atoms with Crippen LogP contribution in [-0.4, -0.2) is 49.2 Å². The molecule has 0 aliphatic carbocycles. The maximum Gasteiger partial charge on any atom is 0.163 e. The molecule has 0 saturated heterocycles. The van der Waals surface area contributed by atoms with E-state index in [-0.39, 0.29) is 11.3 Å². The molecule has 0 unspecified atom stereocenters. The lowest BCUT2D eigenvalue weighted by Gasteiger charge is -2.15. The number of nitrogens with one attached hydrogen (secondary N) is 1. The van der Waals surface area contributed by atoms with Gasteiger partial charge in [-0.1, -0.05) is 0 Å². The van der Waals surface area contributed by atoms with Gasteiger partial charge < -0.3 is 19.7 Å². The molecule has 1 heterocycles. The van der Waals surface area contributed by atoms with Gasteiger partial charge in [-0.3, -0.25) is 0 Å². The maximum atomic E-state index is 14.3. The third-order valence-corrected chi connectivity index (χ3v) is 4.28. The number of aromatic nitrogens is 2. The Morgan fingerprint density at radius 2 is 2.00 bits per heavy atom. The third kappa shape index (κ3) is 4.89. The molecule has 0 fully saturated rings. The molecule has 0 bridgehead atoms. The van der Waals surface area contributed by atoms with Crippen molar-refractivity contribution in [2.45, 2.75) is 6.42 Å². The fourth-order valence-electron chi connectivity index (χ4n) is 2.81. The molecule has 0 spiro atoms. The minimum absolute atomic E-state index is 0.215. The van der Waals surface area contributed by atoms with Crippen LogP contribution in [0.1, 0.15) is 12.0 Å². The van der Waals surface area contributed by atoms with Crippen molar-refractivity contribution < 1.29 is 13.9 Å². The Labute approximate surface area is 168 Å². The minimum Gasteiger partial charge on any atom is -0.493 e. The maximum absolute atomic E-state index is 14.3. The first-order valence-corrected chi connectivity index (χ1v) is 9.08. The molecule has 3 aromatic rings. The quantitative estimate of drug-likeness (QED) is 0.582. The SMILES string of the molecule is COc1cc2c(Nc3ccc(C#N)cc3F)ncnc2cc1OCCCN(C)C. The van der Waals surface area contributed by atoms with Crippen molar-refractivity contribution in [1.29, 1.82) is 5.26 Å². The summed E-state index contributed by atoms with van der Waals surface area (Å²) in [5, 5.41) is 12.5. The summed E-state index contributed by atoms with van der Waals surface area (Å²) in [6.07, 6.45) is 2.28. The highest BCUT2D eigenvalue weighted by molar-refractivity contribution is 5.93. The van der Waals surface area contributed by atoms with Crippen molar-refractivity contribution in [3.05, 3.63) is 48.0 Å². The number of hydrogen-bond acceptors (Lipinski definition) is 7. The van der Waals surface area contributed by atoms with Crippen LogP contribution < -0.4 is 14.8 Å². The van der Waals surface area contributed by atoms with Gasteiger partial charge >= 0.3 is 0 Å². The molecule has 0 aliphatic heterocycles. The Kier molecular flexibility index (Phi) is 6.42. The summed E-state index contributed by atoms with van der Waals surface area (Å²) in [6.45, 7) is 1.47. The monoisotopic (exact) mass is 395 g/mol. The van der Waals surface area contributed by atoms with Crippen LogP contribution in [0.5, 0.6) is 11.5 Å². The molecule has 1 N–H and O–H groups in total. The topological polar surface area (TPSA) is 83.3 Å². The zero-order valence-corrected chi connectivity index (χ0v) is 16.6. The number of nitriles is 1. The van der Waals surface area contributed by atoms with Crippen molar-refractivity contribution >= 4 is 22.4 Å². The predicted octanol–water partition coefficient (Wildman–Crippen LogP) is 3.72. The van der Waals surface area contributed by atoms with Crippen LogP contribution in [0.2, 0.25) is 0 Å². The molecule has 150 valence electrons. The van der Waals surface area contributed by atoms with Crippen molar-refractivity contribution in [3.63, 3.8) is 0 Å². The molecule has 0 aliphatic rings. The fourth-order valence-corrected chi connectivity index (χ4v) is 2.81. The third-order valence-electron chi connectivity index (χ3n) is 4.28. The summed E-state index contributed by atoms with van der Waals surface area (Å²) >= 11 is 0. The molecule has 8 heteroatoms. The number of anilines is 2. The van der Waals surface area contributed by atoms with Crippen molar-refractivity contribution in [2.24, 2.45) is 0 Å². The van der Waals surface area contributed by atoms with E-state index in [9.17, 15) is 4.39 Å². The van der Waals surface area contributed by atoms with E-state index in [2.05, 4.69) is 20.2 Å². The van der Waals surface area contributed by atoms with Gasteiger partial charge in [0.15, 0.2) is 11.5 Å². The molecule has 7 nitrogen and oxygen atoms in total. The number of rotatable bonds is 8. The van der Waals surface area contributed by atoms with E-state index in [1.165, 1.54) is 24.5 Å². The van der Waals surface area contributed by atoms with E-state index in [0.717, 1.165) is 13.0 Å². The molecule has 0 atom stereocenters. The van der Waals surface area contributed by atoms with Crippen molar-refractivity contribution in [2.75, 3.05) is 39.7 Å². The first-order chi connectivity index (χ1) is 14.0. The number of halogens is 1. The Morgan fingerprint density at radius 1 is 1.17 bits per heavy atom. The highest BCUT2D eigenvalue weighted by Crippen LogP contribution is 2.35. The van der Waals surface area contributed by atoms with Crippen LogP contribution >= 0.6 is 0 Å². The van der Waals surface area contributed by atoms with Crippen LogP contribution in [0.25, 0.3) is 10.9 Å². The van der Waals surface area contributed by atoms with Gasteiger partial charge in [-0.05, 0) is 44.8 Å². The summed E-state index contributed by atoms with van der Waals surface area (Å²) in [4.78, 5) is 10.6. The zero-order chi connectivity index (χ0) is 20.8. The number of fused-ring (bicyclic) bond motifs is 1. The highest BCUT2D eigenvalue weighted by Gasteiger charge is 2.13. The van der Waals surface area contributed by atoms with E-state index >= 15 is 0 Å².